The molecule has 1 aromatic rings. The molecular formula is C11H14N2O3. The topological polar surface area (TPSA) is 72.8 Å². The van der Waals surface area contributed by atoms with Gasteiger partial charge in [-0.1, -0.05) is 0 Å². The molecule has 0 radical (unpaired) electrons. The zero-order valence-electron chi connectivity index (χ0n) is 8.76. The minimum Gasteiger partial charge on any atom is -0.508 e. The molecule has 5 nitrogen and oxygen atoms in total. The van der Waals surface area contributed by atoms with Crippen LogP contribution in [0.25, 0.3) is 0 Å². The van der Waals surface area contributed by atoms with Gasteiger partial charge in [-0.25, -0.2) is 4.79 Å². The monoisotopic (exact) mass is 222 g/mol. The van der Waals surface area contributed by atoms with Gasteiger partial charge in [0, 0.05) is 18.8 Å². The van der Waals surface area contributed by atoms with Gasteiger partial charge in [0.2, 0.25) is 0 Å². The van der Waals surface area contributed by atoms with Crippen LogP contribution >= 0.6 is 0 Å². The fraction of sp³-hybridized carbons (Fsp3) is 0.364. The summed E-state index contributed by atoms with van der Waals surface area (Å²) in [6.45, 7) is 0.953. The molecule has 2 amide bonds. The number of nitrogens with zero attached hydrogens (tertiary/aromatic N) is 1. The average Bonchev–Trinajstić information content (AvgIpc) is 2.68. The van der Waals surface area contributed by atoms with Crippen molar-refractivity contribution in [2.24, 2.45) is 0 Å². The Hall–Kier alpha value is -1.75. The Labute approximate surface area is 93.3 Å². The number of rotatable bonds is 1. The Morgan fingerprint density at radius 2 is 2.06 bits per heavy atom. The van der Waals surface area contributed by atoms with Crippen LogP contribution < -0.4 is 5.32 Å². The van der Waals surface area contributed by atoms with Gasteiger partial charge >= 0.3 is 6.03 Å². The van der Waals surface area contributed by atoms with Crippen molar-refractivity contribution in [3.8, 4) is 5.75 Å². The minimum atomic E-state index is -0.412. The summed E-state index contributed by atoms with van der Waals surface area (Å²) in [4.78, 5) is 13.3. The third-order valence-corrected chi connectivity index (χ3v) is 2.57. The first-order valence-electron chi connectivity index (χ1n) is 5.18. The number of aliphatic hydroxyl groups is 1. The molecule has 1 heterocycles. The van der Waals surface area contributed by atoms with Crippen molar-refractivity contribution in [1.29, 1.82) is 0 Å². The van der Waals surface area contributed by atoms with Crippen LogP contribution in [0.15, 0.2) is 24.3 Å². The van der Waals surface area contributed by atoms with E-state index in [-0.39, 0.29) is 11.8 Å². The van der Waals surface area contributed by atoms with Gasteiger partial charge in [-0.05, 0) is 30.7 Å². The molecule has 0 saturated carbocycles. The van der Waals surface area contributed by atoms with Gasteiger partial charge in [0.15, 0.2) is 0 Å². The summed E-state index contributed by atoms with van der Waals surface area (Å²) in [7, 11) is 0. The third kappa shape index (κ3) is 2.43. The van der Waals surface area contributed by atoms with Gasteiger partial charge in [-0.2, -0.15) is 0 Å². The third-order valence-electron chi connectivity index (χ3n) is 2.57. The molecule has 5 heteroatoms. The van der Waals surface area contributed by atoms with Crippen LogP contribution in [0.3, 0.4) is 0 Å². The molecule has 1 atom stereocenters. The van der Waals surface area contributed by atoms with E-state index in [0.717, 1.165) is 0 Å². The summed E-state index contributed by atoms with van der Waals surface area (Å²) in [5.41, 5.74) is 0.629. The number of urea groups is 1. The first-order chi connectivity index (χ1) is 7.65. The molecule has 0 unspecified atom stereocenters. The number of amides is 2. The van der Waals surface area contributed by atoms with Crippen LogP contribution in [0.5, 0.6) is 5.75 Å². The molecule has 2 rings (SSSR count). The molecule has 0 spiro atoms. The van der Waals surface area contributed by atoms with E-state index in [1.54, 1.807) is 17.0 Å². The maximum absolute atomic E-state index is 11.7. The number of hydrogen-bond acceptors (Lipinski definition) is 3. The van der Waals surface area contributed by atoms with E-state index in [9.17, 15) is 9.90 Å². The van der Waals surface area contributed by atoms with Crippen molar-refractivity contribution in [2.75, 3.05) is 18.4 Å². The van der Waals surface area contributed by atoms with Crippen LogP contribution in [0.4, 0.5) is 10.5 Å². The van der Waals surface area contributed by atoms with Gasteiger partial charge in [-0.15, -0.1) is 0 Å². The Bertz CT molecular complexity index is 377. The number of aromatic hydroxyl groups is 1. The summed E-state index contributed by atoms with van der Waals surface area (Å²) in [5.74, 6) is 0.162. The lowest BCUT2D eigenvalue weighted by Gasteiger charge is -2.16. The summed E-state index contributed by atoms with van der Waals surface area (Å²) in [6.07, 6.45) is 0.216. The number of hydrogen-bond donors (Lipinski definition) is 3. The summed E-state index contributed by atoms with van der Waals surface area (Å²) < 4.78 is 0. The highest BCUT2D eigenvalue weighted by Crippen LogP contribution is 2.15. The number of carbonyl (C=O) groups is 1. The standard InChI is InChI=1S/C11H14N2O3/c14-9-3-1-8(2-4-9)12-11(16)13-6-5-10(15)7-13/h1-4,10,14-15H,5-7H2,(H,12,16)/t10-/m1/s1. The van der Waals surface area contributed by atoms with E-state index >= 15 is 0 Å². The molecular weight excluding hydrogens is 208 g/mol. The maximum Gasteiger partial charge on any atom is 0.321 e. The highest BCUT2D eigenvalue weighted by atomic mass is 16.3. The number of likely N-dealkylation sites (tertiary alicyclic amines) is 1. The second-order valence-corrected chi connectivity index (χ2v) is 3.87. The maximum atomic E-state index is 11.7. The van der Waals surface area contributed by atoms with Crippen LogP contribution in [-0.4, -0.2) is 40.3 Å². The van der Waals surface area contributed by atoms with E-state index in [1.807, 2.05) is 0 Å². The molecule has 86 valence electrons. The van der Waals surface area contributed by atoms with E-state index < -0.39 is 6.10 Å². The van der Waals surface area contributed by atoms with E-state index in [1.165, 1.54) is 12.1 Å². The first kappa shape index (κ1) is 10.8. The van der Waals surface area contributed by atoms with Crippen molar-refractivity contribution in [3.05, 3.63) is 24.3 Å². The molecule has 1 aliphatic rings. The number of nitrogens with one attached hydrogen (secondary N) is 1. The largest absolute Gasteiger partial charge is 0.508 e. The number of β-amino-alcohol motifs (C(OH)–C–C–N with tert-alkyl or cyclic N) is 1. The molecule has 1 aromatic carbocycles. The van der Waals surface area contributed by atoms with Crippen molar-refractivity contribution in [1.82, 2.24) is 4.90 Å². The number of carbonyl (C=O) groups excluding carboxylic acids is 1. The lowest BCUT2D eigenvalue weighted by molar-refractivity contribution is 0.176. The van der Waals surface area contributed by atoms with Crippen LogP contribution in [0.2, 0.25) is 0 Å². The average molecular weight is 222 g/mol. The molecule has 0 aromatic heterocycles. The minimum absolute atomic E-state index is 0.162. The van der Waals surface area contributed by atoms with Gasteiger partial charge < -0.3 is 20.4 Å². The van der Waals surface area contributed by atoms with Gasteiger partial charge in [0.05, 0.1) is 6.10 Å². The van der Waals surface area contributed by atoms with Crippen LogP contribution in [0.1, 0.15) is 6.42 Å². The quantitative estimate of drug-likeness (QED) is 0.620. The predicted octanol–water partition coefficient (Wildman–Crippen LogP) is 0.991. The van der Waals surface area contributed by atoms with Crippen LogP contribution in [0, 0.1) is 0 Å². The van der Waals surface area contributed by atoms with Gasteiger partial charge in [0.1, 0.15) is 5.75 Å². The lowest BCUT2D eigenvalue weighted by Crippen LogP contribution is -2.33. The van der Waals surface area contributed by atoms with Crippen LogP contribution in [-0.2, 0) is 0 Å². The zero-order valence-corrected chi connectivity index (χ0v) is 8.76. The Balaban J connectivity index is 1.94. The number of benzene rings is 1. The van der Waals surface area contributed by atoms with E-state index in [2.05, 4.69) is 5.32 Å². The van der Waals surface area contributed by atoms with Crippen molar-refractivity contribution < 1.29 is 15.0 Å². The molecule has 3 N–H and O–H groups in total. The zero-order chi connectivity index (χ0) is 11.5. The first-order valence-corrected chi connectivity index (χ1v) is 5.18. The summed E-state index contributed by atoms with van der Waals surface area (Å²) in [6, 6.07) is 6.05. The molecule has 0 aliphatic carbocycles. The molecule has 1 fully saturated rings. The normalized spacial score (nSPS) is 19.8. The van der Waals surface area contributed by atoms with Crippen molar-refractivity contribution >= 4 is 11.7 Å². The van der Waals surface area contributed by atoms with Gasteiger partial charge in [0.25, 0.3) is 0 Å². The predicted molar refractivity (Wildman–Crippen MR) is 59.3 cm³/mol. The number of phenolic OH excluding ortho intramolecular Hbond substituents is 1. The fourth-order valence-electron chi connectivity index (χ4n) is 1.67. The SMILES string of the molecule is O=C(Nc1ccc(O)cc1)N1CC[C@@H](O)C1. The van der Waals surface area contributed by atoms with E-state index in [4.69, 9.17) is 5.11 Å². The van der Waals surface area contributed by atoms with Gasteiger partial charge in [-0.3, -0.25) is 0 Å². The molecule has 1 saturated heterocycles. The highest BCUT2D eigenvalue weighted by molar-refractivity contribution is 5.89. The second-order valence-electron chi connectivity index (χ2n) is 3.87. The lowest BCUT2D eigenvalue weighted by atomic mass is 10.3. The molecule has 16 heavy (non-hydrogen) atoms. The fourth-order valence-corrected chi connectivity index (χ4v) is 1.67. The number of anilines is 1. The second kappa shape index (κ2) is 4.40. The van der Waals surface area contributed by atoms with E-state index in [0.29, 0.717) is 25.2 Å². The number of aliphatic hydroxyl groups excluding tert-OH is 1. The van der Waals surface area contributed by atoms with Crippen molar-refractivity contribution in [3.63, 3.8) is 0 Å². The molecule has 1 aliphatic heterocycles. The Morgan fingerprint density at radius 1 is 1.38 bits per heavy atom. The van der Waals surface area contributed by atoms with Crippen molar-refractivity contribution in [2.45, 2.75) is 12.5 Å². The Kier molecular flexibility index (Phi) is 2.96. The smallest absolute Gasteiger partial charge is 0.321 e. The summed E-state index contributed by atoms with van der Waals surface area (Å²) in [5, 5.41) is 21.1. The Morgan fingerprint density at radius 3 is 2.62 bits per heavy atom. The highest BCUT2D eigenvalue weighted by Gasteiger charge is 2.24. The summed E-state index contributed by atoms with van der Waals surface area (Å²) >= 11 is 0. The molecule has 0 bridgehead atoms. The number of phenols is 1.